The number of fused-ring (bicyclic) bond motifs is 1. The van der Waals surface area contributed by atoms with Crippen LogP contribution in [-0.4, -0.2) is 16.7 Å². The number of rotatable bonds is 4. The summed E-state index contributed by atoms with van der Waals surface area (Å²) in [5.41, 5.74) is 2.14. The van der Waals surface area contributed by atoms with Crippen molar-refractivity contribution < 1.29 is 18.4 Å². The zero-order chi connectivity index (χ0) is 23.8. The number of nitrogens with one attached hydrogen (secondary N) is 2. The van der Waals surface area contributed by atoms with Crippen molar-refractivity contribution in [2.75, 3.05) is 5.32 Å². The monoisotopic (exact) mass is 439 g/mol. The van der Waals surface area contributed by atoms with Crippen LogP contribution in [-0.2, 0) is 6.54 Å². The lowest BCUT2D eigenvalue weighted by Crippen LogP contribution is -2.13. The molecular formula is C25H27F2N3O2. The van der Waals surface area contributed by atoms with Gasteiger partial charge < -0.3 is 10.6 Å². The van der Waals surface area contributed by atoms with Gasteiger partial charge in [0.15, 0.2) is 5.78 Å². The molecule has 1 aromatic heterocycles. The minimum atomic E-state index is -0.735. The second kappa shape index (κ2) is 11.1. The fourth-order valence-corrected chi connectivity index (χ4v) is 3.14. The fraction of sp³-hybridized carbons (Fsp3) is 0.240. The van der Waals surface area contributed by atoms with E-state index in [-0.39, 0.29) is 29.5 Å². The van der Waals surface area contributed by atoms with Crippen LogP contribution in [0.5, 0.6) is 0 Å². The summed E-state index contributed by atoms with van der Waals surface area (Å²) in [7, 11) is 0. The Balaban J connectivity index is 0.000000860. The second-order valence-corrected chi connectivity index (χ2v) is 6.41. The molecule has 0 saturated carbocycles. The van der Waals surface area contributed by atoms with E-state index in [9.17, 15) is 18.4 Å². The Morgan fingerprint density at radius 3 is 2.12 bits per heavy atom. The number of carbonyl (C=O) groups is 2. The molecular weight excluding hydrogens is 412 g/mol. The maximum atomic E-state index is 14.2. The van der Waals surface area contributed by atoms with Crippen LogP contribution in [0.1, 0.15) is 61.0 Å². The molecule has 2 heterocycles. The van der Waals surface area contributed by atoms with E-state index in [2.05, 4.69) is 15.6 Å². The summed E-state index contributed by atoms with van der Waals surface area (Å²) in [5, 5.41) is 5.76. The molecule has 2 N–H and O–H groups in total. The smallest absolute Gasteiger partial charge is 0.255 e. The number of aromatic nitrogens is 1. The van der Waals surface area contributed by atoms with Crippen molar-refractivity contribution in [3.8, 4) is 11.3 Å². The molecule has 4 rings (SSSR count). The summed E-state index contributed by atoms with van der Waals surface area (Å²) in [6, 6.07) is 11.7. The second-order valence-electron chi connectivity index (χ2n) is 6.41. The quantitative estimate of drug-likeness (QED) is 0.470. The van der Waals surface area contributed by atoms with Gasteiger partial charge in [0.1, 0.15) is 11.6 Å². The standard InChI is InChI=1S/C21H15F2N3O2.2C2H6/c1-11(27)12-5-7-13(8-6-12)25-17-9-16(19-14(22)3-2-4-15(19)23)26-18-10-24-21(28)20(17)18;2*1-2/h2-9H,10H2,1H3,(H,24,28)(H,25,26);2*1-2H3. The highest BCUT2D eigenvalue weighted by Gasteiger charge is 2.27. The zero-order valence-corrected chi connectivity index (χ0v) is 18.8. The van der Waals surface area contributed by atoms with Crippen LogP contribution in [0.2, 0.25) is 0 Å². The fourth-order valence-electron chi connectivity index (χ4n) is 3.14. The van der Waals surface area contributed by atoms with E-state index in [0.717, 1.165) is 12.1 Å². The number of ketones is 1. The van der Waals surface area contributed by atoms with Crippen molar-refractivity contribution in [1.82, 2.24) is 10.3 Å². The van der Waals surface area contributed by atoms with E-state index in [1.54, 1.807) is 24.3 Å². The number of nitrogens with zero attached hydrogens (tertiary/aromatic N) is 1. The molecule has 0 aliphatic carbocycles. The molecule has 1 aliphatic heterocycles. The van der Waals surface area contributed by atoms with Crippen molar-refractivity contribution in [3.63, 3.8) is 0 Å². The maximum Gasteiger partial charge on any atom is 0.255 e. The summed E-state index contributed by atoms with van der Waals surface area (Å²) in [6.45, 7) is 9.65. The molecule has 0 fully saturated rings. The Kier molecular flexibility index (Phi) is 8.58. The van der Waals surface area contributed by atoms with Gasteiger partial charge in [0.05, 0.1) is 34.7 Å². The van der Waals surface area contributed by atoms with Gasteiger partial charge >= 0.3 is 0 Å². The van der Waals surface area contributed by atoms with E-state index in [4.69, 9.17) is 0 Å². The highest BCUT2D eigenvalue weighted by atomic mass is 19.1. The summed E-state index contributed by atoms with van der Waals surface area (Å²) >= 11 is 0. The summed E-state index contributed by atoms with van der Waals surface area (Å²) in [6.07, 6.45) is 0. The molecule has 0 bridgehead atoms. The molecule has 5 nitrogen and oxygen atoms in total. The minimum absolute atomic E-state index is 0.0620. The Labute approximate surface area is 186 Å². The first kappa shape index (κ1) is 24.7. The molecule has 1 amide bonds. The van der Waals surface area contributed by atoms with Gasteiger partial charge in [0.25, 0.3) is 5.91 Å². The van der Waals surface area contributed by atoms with Crippen LogP contribution in [0, 0.1) is 11.6 Å². The average Bonchev–Trinajstić information content (AvgIpc) is 3.18. The van der Waals surface area contributed by atoms with Gasteiger partial charge in [-0.25, -0.2) is 13.8 Å². The first-order valence-corrected chi connectivity index (χ1v) is 10.6. The molecule has 1 aliphatic rings. The summed E-state index contributed by atoms with van der Waals surface area (Å²) in [4.78, 5) is 27.9. The molecule has 0 saturated heterocycles. The van der Waals surface area contributed by atoms with Crippen molar-refractivity contribution in [1.29, 1.82) is 0 Å². The molecule has 0 atom stereocenters. The van der Waals surface area contributed by atoms with Gasteiger partial charge in [-0.1, -0.05) is 33.8 Å². The van der Waals surface area contributed by atoms with Gasteiger partial charge in [-0.3, -0.25) is 9.59 Å². The van der Waals surface area contributed by atoms with Crippen LogP contribution >= 0.6 is 0 Å². The highest BCUT2D eigenvalue weighted by molar-refractivity contribution is 6.04. The molecule has 168 valence electrons. The molecule has 7 heteroatoms. The van der Waals surface area contributed by atoms with E-state index in [1.807, 2.05) is 27.7 Å². The molecule has 0 radical (unpaired) electrons. The number of pyridine rings is 1. The van der Waals surface area contributed by atoms with Crippen molar-refractivity contribution >= 4 is 23.1 Å². The normalized spacial score (nSPS) is 11.3. The number of amides is 1. The Hall–Kier alpha value is -3.61. The first-order chi connectivity index (χ1) is 15.4. The van der Waals surface area contributed by atoms with Crippen LogP contribution in [0.25, 0.3) is 11.3 Å². The molecule has 2 aromatic carbocycles. The first-order valence-electron chi connectivity index (χ1n) is 10.6. The Bertz CT molecular complexity index is 1090. The van der Waals surface area contributed by atoms with Gasteiger partial charge in [-0.05, 0) is 49.4 Å². The van der Waals surface area contributed by atoms with Crippen LogP contribution in [0.3, 0.4) is 0 Å². The predicted molar refractivity (Wildman–Crippen MR) is 123 cm³/mol. The highest BCUT2D eigenvalue weighted by Crippen LogP contribution is 2.33. The third-order valence-corrected chi connectivity index (χ3v) is 4.53. The van der Waals surface area contributed by atoms with Crippen molar-refractivity contribution in [2.45, 2.75) is 41.2 Å². The number of hydrogen-bond acceptors (Lipinski definition) is 4. The third kappa shape index (κ3) is 5.17. The number of hydrogen-bond donors (Lipinski definition) is 2. The van der Waals surface area contributed by atoms with Crippen molar-refractivity contribution in [3.05, 3.63) is 77.0 Å². The number of benzene rings is 2. The van der Waals surface area contributed by atoms with E-state index < -0.39 is 11.6 Å². The van der Waals surface area contributed by atoms with Crippen molar-refractivity contribution in [2.24, 2.45) is 0 Å². The van der Waals surface area contributed by atoms with Crippen LogP contribution < -0.4 is 10.6 Å². The summed E-state index contributed by atoms with van der Waals surface area (Å²) in [5.74, 6) is -1.85. The minimum Gasteiger partial charge on any atom is -0.355 e. The molecule has 0 spiro atoms. The van der Waals surface area contributed by atoms with Gasteiger partial charge in [-0.15, -0.1) is 0 Å². The van der Waals surface area contributed by atoms with Gasteiger partial charge in [0, 0.05) is 11.3 Å². The molecule has 0 unspecified atom stereocenters. The van der Waals surface area contributed by atoms with E-state index in [0.29, 0.717) is 28.2 Å². The third-order valence-electron chi connectivity index (χ3n) is 4.53. The Morgan fingerprint density at radius 1 is 0.969 bits per heavy atom. The number of carbonyl (C=O) groups excluding carboxylic acids is 2. The molecule has 3 aromatic rings. The van der Waals surface area contributed by atoms with E-state index >= 15 is 0 Å². The lowest BCUT2D eigenvalue weighted by molar-refractivity contribution is 0.0965. The van der Waals surface area contributed by atoms with Crippen LogP contribution in [0.15, 0.2) is 48.5 Å². The number of Topliss-reactive ketones (excluding diaryl/α,β-unsaturated/α-hetero) is 1. The zero-order valence-electron chi connectivity index (χ0n) is 18.8. The van der Waals surface area contributed by atoms with Crippen LogP contribution in [0.4, 0.5) is 20.2 Å². The lowest BCUT2D eigenvalue weighted by atomic mass is 10.1. The number of halogens is 2. The SMILES string of the molecule is CC.CC.CC(=O)c1ccc(Nc2cc(-c3c(F)cccc3F)nc3c2C(=O)NC3)cc1. The topological polar surface area (TPSA) is 71.1 Å². The molecule has 32 heavy (non-hydrogen) atoms. The average molecular weight is 440 g/mol. The maximum absolute atomic E-state index is 14.2. The van der Waals surface area contributed by atoms with Gasteiger partial charge in [-0.2, -0.15) is 0 Å². The lowest BCUT2D eigenvalue weighted by Gasteiger charge is -2.13. The Morgan fingerprint density at radius 2 is 1.56 bits per heavy atom. The number of anilines is 2. The largest absolute Gasteiger partial charge is 0.355 e. The predicted octanol–water partition coefficient (Wildman–Crippen LogP) is 6.27. The summed E-state index contributed by atoms with van der Waals surface area (Å²) < 4.78 is 28.5. The van der Waals surface area contributed by atoms with Gasteiger partial charge in [0.2, 0.25) is 0 Å². The van der Waals surface area contributed by atoms with E-state index in [1.165, 1.54) is 19.1 Å².